The average Bonchev–Trinajstić information content (AvgIpc) is 2.71. The van der Waals surface area contributed by atoms with E-state index in [0.717, 1.165) is 6.42 Å². The Morgan fingerprint density at radius 3 is 2.47 bits per heavy atom. The molecule has 0 aromatic rings. The van der Waals surface area contributed by atoms with E-state index >= 15 is 0 Å². The van der Waals surface area contributed by atoms with Gasteiger partial charge in [-0.1, -0.05) is 20.3 Å². The lowest BCUT2D eigenvalue weighted by Crippen LogP contribution is -2.45. The molecule has 2 fully saturated rings. The van der Waals surface area contributed by atoms with Crippen LogP contribution in [0.5, 0.6) is 0 Å². The van der Waals surface area contributed by atoms with Crippen molar-refractivity contribution in [1.29, 1.82) is 0 Å². The Morgan fingerprint density at radius 2 is 2.00 bits per heavy atom. The molecule has 2 aliphatic rings. The van der Waals surface area contributed by atoms with Gasteiger partial charge in [0.1, 0.15) is 0 Å². The smallest absolute Gasteiger partial charge is 0.308 e. The fourth-order valence-corrected chi connectivity index (χ4v) is 2.85. The van der Waals surface area contributed by atoms with Gasteiger partial charge in [-0.2, -0.15) is 0 Å². The number of carbonyl (C=O) groups is 3. The fraction of sp³-hybridized carbons (Fsp3) is 0.750. The maximum atomic E-state index is 12.1. The first-order chi connectivity index (χ1) is 7.84. The first-order valence-electron chi connectivity index (χ1n) is 5.94. The Balaban J connectivity index is 2.26. The van der Waals surface area contributed by atoms with Crippen LogP contribution in [0.25, 0.3) is 0 Å². The second-order valence-electron chi connectivity index (χ2n) is 5.57. The lowest BCUT2D eigenvalue weighted by atomic mass is 9.92. The zero-order valence-corrected chi connectivity index (χ0v) is 10.1. The number of carboxylic acids is 1. The number of carbonyl (C=O) groups excluding carboxylic acids is 2. The van der Waals surface area contributed by atoms with E-state index in [2.05, 4.69) is 0 Å². The minimum absolute atomic E-state index is 0.189. The monoisotopic (exact) mass is 239 g/mol. The molecule has 0 aromatic carbocycles. The third-order valence-corrected chi connectivity index (χ3v) is 3.79. The number of amides is 2. The molecule has 1 aliphatic heterocycles. The van der Waals surface area contributed by atoms with E-state index in [1.54, 1.807) is 13.8 Å². The SMILES string of the molecule is CC1(C)CC(=O)N(C2CCCC2C(=O)O)C1=O. The molecule has 2 unspecified atom stereocenters. The van der Waals surface area contributed by atoms with Crippen LogP contribution >= 0.6 is 0 Å². The van der Waals surface area contributed by atoms with Gasteiger partial charge in [0.15, 0.2) is 0 Å². The van der Waals surface area contributed by atoms with Crippen LogP contribution in [0.15, 0.2) is 0 Å². The summed E-state index contributed by atoms with van der Waals surface area (Å²) in [5.41, 5.74) is -0.678. The van der Waals surface area contributed by atoms with E-state index in [-0.39, 0.29) is 18.2 Å². The predicted molar refractivity (Wildman–Crippen MR) is 59.0 cm³/mol. The standard InChI is InChI=1S/C12H17NO4/c1-12(2)6-9(14)13(11(12)17)8-5-3-4-7(8)10(15)16/h7-8H,3-6H2,1-2H3,(H,15,16). The third-order valence-electron chi connectivity index (χ3n) is 3.79. The van der Waals surface area contributed by atoms with Crippen molar-refractivity contribution in [1.82, 2.24) is 4.90 Å². The van der Waals surface area contributed by atoms with E-state index in [0.29, 0.717) is 12.8 Å². The van der Waals surface area contributed by atoms with Crippen LogP contribution < -0.4 is 0 Å². The molecule has 1 saturated heterocycles. The minimum atomic E-state index is -0.905. The molecule has 1 N–H and O–H groups in total. The Hall–Kier alpha value is -1.39. The van der Waals surface area contributed by atoms with E-state index in [1.807, 2.05) is 0 Å². The first kappa shape index (κ1) is 12.1. The molecule has 17 heavy (non-hydrogen) atoms. The van der Waals surface area contributed by atoms with E-state index < -0.39 is 23.3 Å². The van der Waals surface area contributed by atoms with Crippen LogP contribution in [0.2, 0.25) is 0 Å². The number of hydrogen-bond donors (Lipinski definition) is 1. The van der Waals surface area contributed by atoms with Crippen LogP contribution in [0.3, 0.4) is 0 Å². The first-order valence-corrected chi connectivity index (χ1v) is 5.94. The number of nitrogens with zero attached hydrogens (tertiary/aromatic N) is 1. The molecule has 0 bridgehead atoms. The predicted octanol–water partition coefficient (Wildman–Crippen LogP) is 1.02. The van der Waals surface area contributed by atoms with Gasteiger partial charge in [0, 0.05) is 6.42 Å². The number of carboxylic acid groups (broad SMARTS) is 1. The maximum Gasteiger partial charge on any atom is 0.308 e. The largest absolute Gasteiger partial charge is 0.481 e. The molecule has 2 amide bonds. The molecule has 94 valence electrons. The van der Waals surface area contributed by atoms with Gasteiger partial charge in [-0.3, -0.25) is 19.3 Å². The second-order valence-corrected chi connectivity index (χ2v) is 5.57. The van der Waals surface area contributed by atoms with Gasteiger partial charge in [-0.05, 0) is 12.8 Å². The van der Waals surface area contributed by atoms with Crippen molar-refractivity contribution in [3.8, 4) is 0 Å². The van der Waals surface area contributed by atoms with Gasteiger partial charge in [-0.15, -0.1) is 0 Å². The normalized spacial score (nSPS) is 32.2. The number of aliphatic carboxylic acids is 1. The minimum Gasteiger partial charge on any atom is -0.481 e. The number of hydrogen-bond acceptors (Lipinski definition) is 3. The lowest BCUT2D eigenvalue weighted by Gasteiger charge is -2.27. The molecule has 0 radical (unpaired) electrons. The molecule has 2 atom stereocenters. The molecule has 2 rings (SSSR count). The Morgan fingerprint density at radius 1 is 1.35 bits per heavy atom. The number of rotatable bonds is 2. The quantitative estimate of drug-likeness (QED) is 0.730. The zero-order valence-electron chi connectivity index (χ0n) is 10.1. The van der Waals surface area contributed by atoms with Crippen molar-refractivity contribution >= 4 is 17.8 Å². The van der Waals surface area contributed by atoms with Crippen LogP contribution in [-0.4, -0.2) is 33.8 Å². The van der Waals surface area contributed by atoms with Gasteiger partial charge in [-0.25, -0.2) is 0 Å². The molecule has 1 saturated carbocycles. The summed E-state index contributed by atoms with van der Waals surface area (Å²) in [7, 11) is 0. The molecule has 0 aromatic heterocycles. The van der Waals surface area contributed by atoms with Crippen LogP contribution in [-0.2, 0) is 14.4 Å². The van der Waals surface area contributed by atoms with E-state index in [4.69, 9.17) is 5.11 Å². The summed E-state index contributed by atoms with van der Waals surface area (Å²) < 4.78 is 0. The second kappa shape index (κ2) is 3.82. The van der Waals surface area contributed by atoms with Crippen molar-refractivity contribution in [3.63, 3.8) is 0 Å². The highest BCUT2D eigenvalue weighted by molar-refractivity contribution is 6.06. The highest BCUT2D eigenvalue weighted by Crippen LogP contribution is 2.39. The average molecular weight is 239 g/mol. The van der Waals surface area contributed by atoms with Crippen molar-refractivity contribution < 1.29 is 19.5 Å². The molecule has 5 nitrogen and oxygen atoms in total. The van der Waals surface area contributed by atoms with Crippen LogP contribution in [0.4, 0.5) is 0 Å². The van der Waals surface area contributed by atoms with Crippen LogP contribution in [0.1, 0.15) is 39.5 Å². The third kappa shape index (κ3) is 1.83. The van der Waals surface area contributed by atoms with Crippen molar-refractivity contribution in [2.75, 3.05) is 0 Å². The summed E-state index contributed by atoms with van der Waals surface area (Å²) in [6, 6.07) is -0.436. The number of imide groups is 1. The summed E-state index contributed by atoms with van der Waals surface area (Å²) in [6.45, 7) is 3.47. The van der Waals surface area contributed by atoms with Gasteiger partial charge < -0.3 is 5.11 Å². The lowest BCUT2D eigenvalue weighted by molar-refractivity contribution is -0.149. The molecule has 1 aliphatic carbocycles. The van der Waals surface area contributed by atoms with Crippen molar-refractivity contribution in [2.45, 2.75) is 45.6 Å². The summed E-state index contributed by atoms with van der Waals surface area (Å²) in [6.07, 6.45) is 2.12. The van der Waals surface area contributed by atoms with E-state index in [1.165, 1.54) is 4.90 Å². The zero-order chi connectivity index (χ0) is 12.8. The molecule has 1 heterocycles. The van der Waals surface area contributed by atoms with Crippen molar-refractivity contribution in [2.24, 2.45) is 11.3 Å². The Labute approximate surface area is 99.8 Å². The topological polar surface area (TPSA) is 74.7 Å². The maximum absolute atomic E-state index is 12.1. The molecule has 0 spiro atoms. The van der Waals surface area contributed by atoms with Gasteiger partial charge >= 0.3 is 5.97 Å². The number of likely N-dealkylation sites (tertiary alicyclic amines) is 1. The molecule has 5 heteroatoms. The Kier molecular flexibility index (Phi) is 2.72. The summed E-state index contributed by atoms with van der Waals surface area (Å²) in [4.78, 5) is 36.3. The summed E-state index contributed by atoms with van der Waals surface area (Å²) in [5.74, 6) is -1.94. The van der Waals surface area contributed by atoms with Crippen LogP contribution in [0, 0.1) is 11.3 Å². The Bertz CT molecular complexity index is 388. The summed E-state index contributed by atoms with van der Waals surface area (Å²) >= 11 is 0. The summed E-state index contributed by atoms with van der Waals surface area (Å²) in [5, 5.41) is 9.10. The van der Waals surface area contributed by atoms with Gasteiger partial charge in [0.2, 0.25) is 11.8 Å². The molecular weight excluding hydrogens is 222 g/mol. The molecular formula is C12H17NO4. The van der Waals surface area contributed by atoms with E-state index in [9.17, 15) is 14.4 Å². The van der Waals surface area contributed by atoms with Crippen molar-refractivity contribution in [3.05, 3.63) is 0 Å². The van der Waals surface area contributed by atoms with Gasteiger partial charge in [0.25, 0.3) is 0 Å². The fourth-order valence-electron chi connectivity index (χ4n) is 2.85. The highest BCUT2D eigenvalue weighted by Gasteiger charge is 2.51. The highest BCUT2D eigenvalue weighted by atomic mass is 16.4. The van der Waals surface area contributed by atoms with Gasteiger partial charge in [0.05, 0.1) is 17.4 Å².